The Balaban J connectivity index is 1.44. The monoisotopic (exact) mass is 466 g/mol. The van der Waals surface area contributed by atoms with Crippen LogP contribution in [-0.2, 0) is 26.1 Å². The minimum atomic E-state index is -4.23. The number of nitrogens with one attached hydrogen (secondary N) is 1. The lowest BCUT2D eigenvalue weighted by atomic mass is 10.0. The third-order valence-corrected chi connectivity index (χ3v) is 6.30. The minimum absolute atomic E-state index is 0.0546. The number of rotatable bonds is 4. The van der Waals surface area contributed by atoms with E-state index in [0.29, 0.717) is 18.4 Å². The predicted molar refractivity (Wildman–Crippen MR) is 115 cm³/mol. The van der Waals surface area contributed by atoms with Gasteiger partial charge in [0.25, 0.3) is 21.9 Å². The molecule has 2 N–H and O–H groups in total. The maximum absolute atomic E-state index is 12.8. The fourth-order valence-corrected chi connectivity index (χ4v) is 4.23. The zero-order valence-electron chi connectivity index (χ0n) is 17.2. The number of fused-ring (bicyclic) bond motifs is 1. The van der Waals surface area contributed by atoms with E-state index in [2.05, 4.69) is 17.2 Å². The summed E-state index contributed by atoms with van der Waals surface area (Å²) >= 11 is 0. The lowest BCUT2D eigenvalue weighted by Crippen LogP contribution is -2.54. The van der Waals surface area contributed by atoms with E-state index in [1.807, 2.05) is 0 Å². The van der Waals surface area contributed by atoms with Crippen LogP contribution in [0.1, 0.15) is 51.1 Å². The summed E-state index contributed by atoms with van der Waals surface area (Å²) in [5, 5.41) is 2.16. The first-order chi connectivity index (χ1) is 15.6. The van der Waals surface area contributed by atoms with Gasteiger partial charge < -0.3 is 0 Å². The van der Waals surface area contributed by atoms with E-state index >= 15 is 0 Å². The van der Waals surface area contributed by atoms with Crippen LogP contribution in [0.25, 0.3) is 0 Å². The average molecular weight is 466 g/mol. The first-order valence-corrected chi connectivity index (χ1v) is 11.5. The quantitative estimate of drug-likeness (QED) is 0.394. The van der Waals surface area contributed by atoms with Crippen molar-refractivity contribution in [2.45, 2.75) is 36.6 Å². The molecule has 0 spiro atoms. The molecule has 2 aromatic carbocycles. The first-order valence-electron chi connectivity index (χ1n) is 10.1. The Morgan fingerprint density at radius 2 is 1.70 bits per heavy atom. The molecule has 10 heteroatoms. The number of benzene rings is 2. The van der Waals surface area contributed by atoms with Gasteiger partial charge in [-0.15, -0.1) is 0 Å². The van der Waals surface area contributed by atoms with Gasteiger partial charge in [0.15, 0.2) is 0 Å². The van der Waals surface area contributed by atoms with Crippen molar-refractivity contribution >= 4 is 33.7 Å². The molecule has 4 rings (SSSR count). The molecular formula is C23H18N2O7S. The summed E-state index contributed by atoms with van der Waals surface area (Å²) in [6.07, 6.45) is 1.15. The van der Waals surface area contributed by atoms with Gasteiger partial charge in [0.2, 0.25) is 11.8 Å². The topological polar surface area (TPSA) is 138 Å². The van der Waals surface area contributed by atoms with Crippen molar-refractivity contribution in [2.24, 2.45) is 0 Å². The number of carbonyl (C=O) groups excluding carboxylic acids is 4. The van der Waals surface area contributed by atoms with Crippen molar-refractivity contribution in [3.63, 3.8) is 0 Å². The van der Waals surface area contributed by atoms with E-state index in [-0.39, 0.29) is 28.9 Å². The molecule has 0 aromatic heterocycles. The Kier molecular flexibility index (Phi) is 5.84. The summed E-state index contributed by atoms with van der Waals surface area (Å²) in [6, 6.07) is 9.42. The molecule has 4 amide bonds. The lowest BCUT2D eigenvalue weighted by molar-refractivity contribution is -0.136. The van der Waals surface area contributed by atoms with Crippen LogP contribution < -0.4 is 5.32 Å². The molecule has 1 atom stereocenters. The Morgan fingerprint density at radius 3 is 2.36 bits per heavy atom. The molecule has 0 radical (unpaired) electrons. The number of amides is 4. The molecule has 0 saturated carbocycles. The highest BCUT2D eigenvalue weighted by Gasteiger charge is 2.44. The number of hydrogen-bond donors (Lipinski definition) is 2. The van der Waals surface area contributed by atoms with E-state index in [0.717, 1.165) is 10.5 Å². The summed E-state index contributed by atoms with van der Waals surface area (Å²) in [5.41, 5.74) is 1.72. The number of aryl methyl sites for hydroxylation is 1. The SMILES string of the molecule is O=C1CCC(N2C(=O)c3ccc(C#CCCc4ccc(S(=O)(=O)O)cc4)cc3C2=O)C(=O)N1. The molecule has 9 nitrogen and oxygen atoms in total. The summed E-state index contributed by atoms with van der Waals surface area (Å²) in [6.45, 7) is 0. The van der Waals surface area contributed by atoms with Gasteiger partial charge in [0.05, 0.1) is 16.0 Å². The van der Waals surface area contributed by atoms with Crippen molar-refractivity contribution in [3.8, 4) is 11.8 Å². The largest absolute Gasteiger partial charge is 0.295 e. The van der Waals surface area contributed by atoms with Gasteiger partial charge in [-0.2, -0.15) is 8.42 Å². The Labute approximate surface area is 189 Å². The lowest BCUT2D eigenvalue weighted by Gasteiger charge is -2.27. The molecule has 1 saturated heterocycles. The highest BCUT2D eigenvalue weighted by Crippen LogP contribution is 2.28. The van der Waals surface area contributed by atoms with Crippen molar-refractivity contribution in [2.75, 3.05) is 0 Å². The van der Waals surface area contributed by atoms with Crippen LogP contribution in [0.4, 0.5) is 0 Å². The van der Waals surface area contributed by atoms with Gasteiger partial charge in [-0.25, -0.2) is 0 Å². The number of piperidine rings is 1. The van der Waals surface area contributed by atoms with Crippen LogP contribution in [0.15, 0.2) is 47.4 Å². The van der Waals surface area contributed by atoms with Crippen LogP contribution in [0.5, 0.6) is 0 Å². The number of hydrogen-bond acceptors (Lipinski definition) is 6. The van der Waals surface area contributed by atoms with Crippen molar-refractivity contribution in [1.82, 2.24) is 10.2 Å². The summed E-state index contributed by atoms with van der Waals surface area (Å²) in [4.78, 5) is 49.7. The standard InChI is InChI=1S/C23H18N2O7S/c26-20-12-11-19(21(27)24-20)25-22(28)17-10-7-15(13-18(17)23(25)29)4-2-1-3-14-5-8-16(9-6-14)33(30,31)32/h5-10,13,19H,1,3,11-12H2,(H,24,26,27)(H,30,31,32). The van der Waals surface area contributed by atoms with Crippen LogP contribution in [0.2, 0.25) is 0 Å². The molecule has 1 unspecified atom stereocenters. The Morgan fingerprint density at radius 1 is 1.00 bits per heavy atom. The van der Waals surface area contributed by atoms with E-state index in [1.165, 1.54) is 24.3 Å². The van der Waals surface area contributed by atoms with Crippen molar-refractivity contribution in [1.29, 1.82) is 0 Å². The van der Waals surface area contributed by atoms with E-state index in [9.17, 15) is 27.6 Å². The third-order valence-electron chi connectivity index (χ3n) is 5.43. The second kappa shape index (κ2) is 8.61. The highest BCUT2D eigenvalue weighted by atomic mass is 32.2. The molecule has 0 aliphatic carbocycles. The van der Waals surface area contributed by atoms with E-state index in [1.54, 1.807) is 18.2 Å². The fraction of sp³-hybridized carbons (Fsp3) is 0.217. The number of nitrogens with zero attached hydrogens (tertiary/aromatic N) is 1. The maximum Gasteiger partial charge on any atom is 0.294 e. The zero-order valence-corrected chi connectivity index (χ0v) is 18.0. The molecule has 0 bridgehead atoms. The van der Waals surface area contributed by atoms with Crippen LogP contribution in [0, 0.1) is 11.8 Å². The maximum atomic E-state index is 12.8. The highest BCUT2D eigenvalue weighted by molar-refractivity contribution is 7.85. The molecule has 2 aliphatic heterocycles. The van der Waals surface area contributed by atoms with Crippen LogP contribution in [-0.4, -0.2) is 47.5 Å². The smallest absolute Gasteiger partial charge is 0.294 e. The fourth-order valence-electron chi connectivity index (χ4n) is 3.75. The third kappa shape index (κ3) is 4.55. The van der Waals surface area contributed by atoms with Gasteiger partial charge >= 0.3 is 0 Å². The average Bonchev–Trinajstić information content (AvgIpc) is 3.01. The molecule has 2 aromatic rings. The summed E-state index contributed by atoms with van der Waals surface area (Å²) in [7, 11) is -4.23. The molecular weight excluding hydrogens is 448 g/mol. The molecule has 1 fully saturated rings. The first kappa shape index (κ1) is 22.4. The van der Waals surface area contributed by atoms with Crippen LogP contribution in [0.3, 0.4) is 0 Å². The van der Waals surface area contributed by atoms with E-state index < -0.39 is 39.8 Å². The predicted octanol–water partition coefficient (Wildman–Crippen LogP) is 1.32. The normalized spacial score (nSPS) is 18.0. The molecule has 33 heavy (non-hydrogen) atoms. The molecule has 168 valence electrons. The van der Waals surface area contributed by atoms with Crippen molar-refractivity contribution < 1.29 is 32.1 Å². The van der Waals surface area contributed by atoms with Gasteiger partial charge in [0.1, 0.15) is 6.04 Å². The number of imide groups is 2. The van der Waals surface area contributed by atoms with Gasteiger partial charge in [-0.3, -0.25) is 33.9 Å². The molecule has 2 heterocycles. The summed E-state index contributed by atoms with van der Waals surface area (Å²) in [5.74, 6) is 3.65. The second-order valence-corrected chi connectivity index (χ2v) is 9.05. The van der Waals surface area contributed by atoms with Gasteiger partial charge in [-0.1, -0.05) is 24.0 Å². The number of carbonyl (C=O) groups is 4. The Hall–Kier alpha value is -3.81. The second-order valence-electron chi connectivity index (χ2n) is 7.63. The Bertz CT molecular complexity index is 1350. The van der Waals surface area contributed by atoms with Crippen LogP contribution >= 0.6 is 0 Å². The molecule has 2 aliphatic rings. The minimum Gasteiger partial charge on any atom is -0.295 e. The van der Waals surface area contributed by atoms with Gasteiger partial charge in [-0.05, 0) is 48.7 Å². The summed E-state index contributed by atoms with van der Waals surface area (Å²) < 4.78 is 31.2. The van der Waals surface area contributed by atoms with Gasteiger partial charge in [0, 0.05) is 18.4 Å². The van der Waals surface area contributed by atoms with E-state index in [4.69, 9.17) is 4.55 Å². The van der Waals surface area contributed by atoms with Crippen molar-refractivity contribution in [3.05, 3.63) is 64.7 Å². The zero-order chi connectivity index (χ0) is 23.8.